The van der Waals surface area contributed by atoms with E-state index in [0.29, 0.717) is 23.0 Å². The third-order valence-electron chi connectivity index (χ3n) is 5.08. The molecular formula is C21H21BrN6O2. The first kappa shape index (κ1) is 20.1. The number of nitrogens with one attached hydrogen (secondary N) is 2. The molecule has 0 aliphatic carbocycles. The summed E-state index contributed by atoms with van der Waals surface area (Å²) in [5, 5.41) is 18.1. The van der Waals surface area contributed by atoms with Crippen molar-refractivity contribution in [3.05, 3.63) is 68.8 Å². The number of hydrogen-bond donors (Lipinski definition) is 2. The number of aryl methyl sites for hydroxylation is 2. The predicted octanol–water partition coefficient (Wildman–Crippen LogP) is 3.99. The van der Waals surface area contributed by atoms with Crippen molar-refractivity contribution in [2.24, 2.45) is 0 Å². The van der Waals surface area contributed by atoms with E-state index in [1.807, 2.05) is 57.2 Å². The SMILES string of the molecule is COc1ccc(Br)cc1[C@@H]1C(C(=O)Nc2ccc(C)cc2C)=C(C)Nc2nnnn21. The summed E-state index contributed by atoms with van der Waals surface area (Å²) in [5.41, 5.74) is 4.83. The number of rotatable bonds is 4. The van der Waals surface area contributed by atoms with Crippen LogP contribution in [0.3, 0.4) is 0 Å². The van der Waals surface area contributed by atoms with Gasteiger partial charge >= 0.3 is 0 Å². The number of anilines is 2. The Morgan fingerprint density at radius 1 is 1.20 bits per heavy atom. The number of carbonyl (C=O) groups is 1. The summed E-state index contributed by atoms with van der Waals surface area (Å²) < 4.78 is 8.03. The maximum absolute atomic E-state index is 13.5. The predicted molar refractivity (Wildman–Crippen MR) is 118 cm³/mol. The van der Waals surface area contributed by atoms with Crippen molar-refractivity contribution in [1.29, 1.82) is 0 Å². The van der Waals surface area contributed by atoms with Crippen LogP contribution in [0, 0.1) is 13.8 Å². The van der Waals surface area contributed by atoms with Gasteiger partial charge in [0.2, 0.25) is 5.95 Å². The van der Waals surface area contributed by atoms with E-state index < -0.39 is 6.04 Å². The van der Waals surface area contributed by atoms with Crippen LogP contribution in [-0.2, 0) is 4.79 Å². The minimum Gasteiger partial charge on any atom is -0.496 e. The second-order valence-corrected chi connectivity index (χ2v) is 8.09. The molecule has 2 aromatic carbocycles. The second kappa shape index (κ2) is 7.91. The van der Waals surface area contributed by atoms with E-state index in [1.165, 1.54) is 0 Å². The van der Waals surface area contributed by atoms with E-state index in [2.05, 4.69) is 42.1 Å². The molecule has 0 saturated carbocycles. The summed E-state index contributed by atoms with van der Waals surface area (Å²) in [4.78, 5) is 13.5. The minimum atomic E-state index is -0.561. The van der Waals surface area contributed by atoms with Gasteiger partial charge in [-0.1, -0.05) is 38.7 Å². The van der Waals surface area contributed by atoms with Crippen LogP contribution >= 0.6 is 15.9 Å². The number of hydrogen-bond acceptors (Lipinski definition) is 6. The minimum absolute atomic E-state index is 0.236. The molecule has 0 unspecified atom stereocenters. The quantitative estimate of drug-likeness (QED) is 0.600. The average Bonchev–Trinajstić information content (AvgIpc) is 3.16. The number of allylic oxidation sites excluding steroid dienone is 1. The van der Waals surface area contributed by atoms with Crippen LogP contribution in [0.5, 0.6) is 5.75 Å². The zero-order valence-electron chi connectivity index (χ0n) is 17.0. The molecule has 1 atom stereocenters. The number of amides is 1. The zero-order valence-corrected chi connectivity index (χ0v) is 18.6. The smallest absolute Gasteiger partial charge is 0.255 e. The molecule has 0 spiro atoms. The molecule has 0 fully saturated rings. The van der Waals surface area contributed by atoms with Crippen LogP contribution in [-0.4, -0.2) is 33.2 Å². The third-order valence-corrected chi connectivity index (χ3v) is 5.57. The van der Waals surface area contributed by atoms with Crippen LogP contribution in [0.4, 0.5) is 11.6 Å². The van der Waals surface area contributed by atoms with Gasteiger partial charge < -0.3 is 15.4 Å². The number of methoxy groups -OCH3 is 1. The Kier molecular flexibility index (Phi) is 5.29. The Labute approximate surface area is 182 Å². The first-order valence-corrected chi connectivity index (χ1v) is 10.2. The Morgan fingerprint density at radius 3 is 2.73 bits per heavy atom. The fraction of sp³-hybridized carbons (Fsp3) is 0.238. The summed E-state index contributed by atoms with van der Waals surface area (Å²) in [7, 11) is 1.60. The number of ether oxygens (including phenoxy) is 1. The van der Waals surface area contributed by atoms with Gasteiger partial charge in [-0.05, 0) is 61.0 Å². The van der Waals surface area contributed by atoms with Crippen molar-refractivity contribution in [3.63, 3.8) is 0 Å². The zero-order chi connectivity index (χ0) is 21.4. The van der Waals surface area contributed by atoms with E-state index in [4.69, 9.17) is 4.74 Å². The highest BCUT2D eigenvalue weighted by Crippen LogP contribution is 2.40. The van der Waals surface area contributed by atoms with Crippen LogP contribution in [0.25, 0.3) is 0 Å². The van der Waals surface area contributed by atoms with Gasteiger partial charge in [-0.25, -0.2) is 0 Å². The van der Waals surface area contributed by atoms with Gasteiger partial charge in [0, 0.05) is 21.4 Å². The molecule has 0 radical (unpaired) electrons. The van der Waals surface area contributed by atoms with Gasteiger partial charge in [-0.3, -0.25) is 4.79 Å². The number of carbonyl (C=O) groups excluding carboxylic acids is 1. The Morgan fingerprint density at radius 2 is 2.00 bits per heavy atom. The molecule has 154 valence electrons. The number of halogens is 1. The molecule has 4 rings (SSSR count). The van der Waals surface area contributed by atoms with Crippen LogP contribution < -0.4 is 15.4 Å². The molecule has 3 aromatic rings. The van der Waals surface area contributed by atoms with E-state index in [9.17, 15) is 4.79 Å². The Bertz CT molecular complexity index is 1170. The lowest BCUT2D eigenvalue weighted by molar-refractivity contribution is -0.113. The first-order chi connectivity index (χ1) is 14.4. The van der Waals surface area contributed by atoms with Crippen molar-refractivity contribution >= 4 is 33.5 Å². The molecule has 1 amide bonds. The maximum atomic E-state index is 13.5. The lowest BCUT2D eigenvalue weighted by Gasteiger charge is -2.29. The summed E-state index contributed by atoms with van der Waals surface area (Å²) in [6.45, 7) is 5.83. The van der Waals surface area contributed by atoms with Crippen molar-refractivity contribution < 1.29 is 9.53 Å². The number of fused-ring (bicyclic) bond motifs is 1. The molecule has 9 heteroatoms. The summed E-state index contributed by atoms with van der Waals surface area (Å²) in [6, 6.07) is 11.0. The van der Waals surface area contributed by atoms with Crippen molar-refractivity contribution in [1.82, 2.24) is 20.2 Å². The number of benzene rings is 2. The molecule has 1 aliphatic rings. The highest BCUT2D eigenvalue weighted by atomic mass is 79.9. The Balaban J connectivity index is 1.82. The molecule has 8 nitrogen and oxygen atoms in total. The molecule has 0 saturated heterocycles. The van der Waals surface area contributed by atoms with Crippen LogP contribution in [0.1, 0.15) is 29.7 Å². The molecule has 30 heavy (non-hydrogen) atoms. The van der Waals surface area contributed by atoms with Crippen molar-refractivity contribution in [3.8, 4) is 5.75 Å². The number of tetrazole rings is 1. The normalized spacial score (nSPS) is 15.4. The molecule has 2 N–H and O–H groups in total. The van der Waals surface area contributed by atoms with Crippen molar-refractivity contribution in [2.75, 3.05) is 17.7 Å². The van der Waals surface area contributed by atoms with Gasteiger partial charge in [0.15, 0.2) is 0 Å². The summed E-state index contributed by atoms with van der Waals surface area (Å²) >= 11 is 3.52. The van der Waals surface area contributed by atoms with Crippen LogP contribution in [0.15, 0.2) is 52.1 Å². The van der Waals surface area contributed by atoms with E-state index in [0.717, 1.165) is 26.9 Å². The van der Waals surface area contributed by atoms with Crippen molar-refractivity contribution in [2.45, 2.75) is 26.8 Å². The average molecular weight is 469 g/mol. The Hall–Kier alpha value is -3.20. The highest BCUT2D eigenvalue weighted by molar-refractivity contribution is 9.10. The van der Waals surface area contributed by atoms with Gasteiger partial charge in [0.1, 0.15) is 11.8 Å². The highest BCUT2D eigenvalue weighted by Gasteiger charge is 2.36. The first-order valence-electron chi connectivity index (χ1n) is 9.36. The van der Waals surface area contributed by atoms with Crippen LogP contribution in [0.2, 0.25) is 0 Å². The number of nitrogens with zero attached hydrogens (tertiary/aromatic N) is 4. The van der Waals surface area contributed by atoms with Gasteiger partial charge in [0.05, 0.1) is 12.7 Å². The monoisotopic (exact) mass is 468 g/mol. The fourth-order valence-electron chi connectivity index (χ4n) is 3.66. The van der Waals surface area contributed by atoms with Gasteiger partial charge in [-0.2, -0.15) is 4.68 Å². The topological polar surface area (TPSA) is 94.0 Å². The van der Waals surface area contributed by atoms with Gasteiger partial charge in [0.25, 0.3) is 5.91 Å². The fourth-order valence-corrected chi connectivity index (χ4v) is 4.04. The molecule has 2 heterocycles. The molecule has 1 aromatic heterocycles. The lowest BCUT2D eigenvalue weighted by atomic mass is 9.94. The van der Waals surface area contributed by atoms with Gasteiger partial charge in [-0.15, -0.1) is 0 Å². The largest absolute Gasteiger partial charge is 0.496 e. The maximum Gasteiger partial charge on any atom is 0.255 e. The lowest BCUT2D eigenvalue weighted by Crippen LogP contribution is -2.32. The van der Waals surface area contributed by atoms with E-state index >= 15 is 0 Å². The number of aromatic nitrogens is 4. The molecular weight excluding hydrogens is 448 g/mol. The van der Waals surface area contributed by atoms with E-state index in [-0.39, 0.29) is 5.91 Å². The second-order valence-electron chi connectivity index (χ2n) is 7.17. The van der Waals surface area contributed by atoms with E-state index in [1.54, 1.807) is 11.8 Å². The molecule has 1 aliphatic heterocycles. The molecule has 0 bridgehead atoms. The summed E-state index contributed by atoms with van der Waals surface area (Å²) in [5.74, 6) is 0.860. The standard InChI is InChI=1S/C21H21BrN6O2/c1-11-5-7-16(12(2)9-11)24-20(29)18-13(3)23-21-25-26-27-28(21)19(18)15-10-14(22)6-8-17(15)30-4/h5-10,19H,1-4H3,(H,24,29)(H,23,25,27)/t19-/m1/s1. The third kappa shape index (κ3) is 3.56. The summed E-state index contributed by atoms with van der Waals surface area (Å²) in [6.07, 6.45) is 0.